The Labute approximate surface area is 217 Å². The van der Waals surface area contributed by atoms with Crippen LogP contribution in [0.15, 0.2) is 70.7 Å². The van der Waals surface area contributed by atoms with Gasteiger partial charge in [-0.2, -0.15) is 0 Å². The number of nitrogens with one attached hydrogen (secondary N) is 1. The molecule has 4 rings (SSSR count). The number of ether oxygens (including phenoxy) is 1. The van der Waals surface area contributed by atoms with Gasteiger partial charge in [0.25, 0.3) is 11.8 Å². The summed E-state index contributed by atoms with van der Waals surface area (Å²) >= 11 is 5.73. The third kappa shape index (κ3) is 4.76. The Balaban J connectivity index is 1.73. The zero-order valence-corrected chi connectivity index (χ0v) is 21.5. The van der Waals surface area contributed by atoms with E-state index in [9.17, 15) is 18.8 Å². The number of hydrogen-bond acceptors (Lipinski definition) is 4. The molecule has 0 radical (unpaired) electrons. The average molecular weight is 635 g/mol. The first kappa shape index (κ1) is 24.1. The molecule has 34 heavy (non-hydrogen) atoms. The van der Waals surface area contributed by atoms with E-state index in [1.165, 1.54) is 24.3 Å². The predicted molar refractivity (Wildman–Crippen MR) is 138 cm³/mol. The summed E-state index contributed by atoms with van der Waals surface area (Å²) < 4.78 is 21.7. The van der Waals surface area contributed by atoms with E-state index in [-0.39, 0.29) is 11.3 Å². The van der Waals surface area contributed by atoms with Crippen molar-refractivity contribution in [2.24, 2.45) is 0 Å². The first-order chi connectivity index (χ1) is 16.3. The van der Waals surface area contributed by atoms with Crippen molar-refractivity contribution in [2.45, 2.75) is 6.42 Å². The maximum Gasteiger partial charge on any atom is 0.336 e. The number of hydrogen-bond donors (Lipinski definition) is 1. The third-order valence-electron chi connectivity index (χ3n) is 5.23. The van der Waals surface area contributed by atoms with Crippen LogP contribution in [0.4, 0.5) is 14.9 Å². The van der Waals surface area contributed by atoms with Gasteiger partial charge >= 0.3 is 6.03 Å². The van der Waals surface area contributed by atoms with E-state index >= 15 is 0 Å². The quantitative estimate of drug-likeness (QED) is 0.230. The van der Waals surface area contributed by atoms with Gasteiger partial charge < -0.3 is 4.74 Å². The molecule has 3 aromatic carbocycles. The van der Waals surface area contributed by atoms with Crippen molar-refractivity contribution in [3.63, 3.8) is 0 Å². The summed E-state index contributed by atoms with van der Waals surface area (Å²) in [4.78, 5) is 38.5. The molecule has 6 nitrogen and oxygen atoms in total. The number of halogens is 3. The van der Waals surface area contributed by atoms with E-state index < -0.39 is 23.7 Å². The van der Waals surface area contributed by atoms with Crippen LogP contribution in [0.1, 0.15) is 16.7 Å². The van der Waals surface area contributed by atoms with Crippen LogP contribution in [-0.4, -0.2) is 25.0 Å². The van der Waals surface area contributed by atoms with Gasteiger partial charge in [-0.3, -0.25) is 14.9 Å². The van der Waals surface area contributed by atoms with Gasteiger partial charge in [-0.15, -0.1) is 0 Å². The van der Waals surface area contributed by atoms with E-state index in [1.807, 2.05) is 30.3 Å². The van der Waals surface area contributed by atoms with Crippen molar-refractivity contribution in [2.75, 3.05) is 12.0 Å². The monoisotopic (exact) mass is 634 g/mol. The minimum atomic E-state index is -1.01. The van der Waals surface area contributed by atoms with Crippen molar-refractivity contribution in [1.29, 1.82) is 0 Å². The molecular weight excluding hydrogens is 618 g/mol. The van der Waals surface area contributed by atoms with Crippen LogP contribution in [0.25, 0.3) is 6.08 Å². The van der Waals surface area contributed by atoms with E-state index in [1.54, 1.807) is 13.2 Å². The second-order valence-corrected chi connectivity index (χ2v) is 9.38. The van der Waals surface area contributed by atoms with Gasteiger partial charge in [-0.05, 0) is 70.1 Å². The topological polar surface area (TPSA) is 75.7 Å². The summed E-state index contributed by atoms with van der Waals surface area (Å²) in [5, 5.41) is 2.10. The first-order valence-electron chi connectivity index (χ1n) is 10.1. The molecule has 1 aliphatic rings. The van der Waals surface area contributed by atoms with Gasteiger partial charge in [-0.25, -0.2) is 14.1 Å². The number of carbonyl (C=O) groups is 3. The van der Waals surface area contributed by atoms with Crippen molar-refractivity contribution < 1.29 is 23.5 Å². The van der Waals surface area contributed by atoms with E-state index in [2.05, 4.69) is 43.8 Å². The Kier molecular flexibility index (Phi) is 7.13. The molecule has 0 bridgehead atoms. The largest absolute Gasteiger partial charge is 0.496 e. The molecule has 1 aliphatic heterocycles. The fourth-order valence-corrected chi connectivity index (χ4v) is 4.82. The first-order valence-corrected chi connectivity index (χ1v) is 11.9. The molecule has 0 saturated carbocycles. The van der Waals surface area contributed by atoms with Crippen molar-refractivity contribution in [3.05, 3.63) is 96.8 Å². The minimum absolute atomic E-state index is 0.237. The number of benzene rings is 3. The number of methoxy groups -OCH3 is 1. The van der Waals surface area contributed by atoms with Gasteiger partial charge in [0.15, 0.2) is 0 Å². The highest BCUT2D eigenvalue weighted by molar-refractivity contribution is 14.1. The molecule has 0 aliphatic carbocycles. The molecule has 1 N–H and O–H groups in total. The fraction of sp³-hybridized carbons (Fsp3) is 0.0800. The second-order valence-electron chi connectivity index (χ2n) is 7.36. The van der Waals surface area contributed by atoms with Gasteiger partial charge in [0.05, 0.1) is 12.8 Å². The Bertz CT molecular complexity index is 1360. The number of amides is 4. The summed E-state index contributed by atoms with van der Waals surface area (Å²) in [5.41, 5.74) is 2.02. The molecule has 1 heterocycles. The van der Waals surface area contributed by atoms with Crippen molar-refractivity contribution in [3.8, 4) is 5.75 Å². The predicted octanol–water partition coefficient (Wildman–Crippen LogP) is 5.46. The smallest absolute Gasteiger partial charge is 0.336 e. The summed E-state index contributed by atoms with van der Waals surface area (Å²) in [6.45, 7) is 0. The van der Waals surface area contributed by atoms with E-state index in [0.29, 0.717) is 22.6 Å². The lowest BCUT2D eigenvalue weighted by Gasteiger charge is -2.26. The number of urea groups is 1. The van der Waals surface area contributed by atoms with Crippen LogP contribution in [0.3, 0.4) is 0 Å². The molecule has 9 heteroatoms. The summed E-state index contributed by atoms with van der Waals surface area (Å²) in [7, 11) is 1.54. The Morgan fingerprint density at radius 1 is 1.09 bits per heavy atom. The fourth-order valence-electron chi connectivity index (χ4n) is 3.58. The van der Waals surface area contributed by atoms with Crippen molar-refractivity contribution in [1.82, 2.24) is 5.32 Å². The lowest BCUT2D eigenvalue weighted by molar-refractivity contribution is -0.122. The van der Waals surface area contributed by atoms with Crippen molar-refractivity contribution >= 4 is 68.1 Å². The van der Waals surface area contributed by atoms with E-state index in [0.717, 1.165) is 25.2 Å². The molecule has 0 atom stereocenters. The second kappa shape index (κ2) is 10.1. The highest BCUT2D eigenvalue weighted by Gasteiger charge is 2.38. The number of barbiturate groups is 1. The molecular formula is C25H17BrFIN2O4. The standard InChI is InChI=1S/C25H17BrFIN2O4/c1-34-22-12-14(11-20(28)16(22)13-15-6-2-3-7-18(15)26)10-17-23(31)29-25(33)30(24(17)32)21-9-5-4-8-19(21)27/h2-12H,13H2,1H3,(H,29,31,33)/b17-10-. The summed E-state index contributed by atoms with van der Waals surface area (Å²) in [6, 6.07) is 15.7. The molecule has 1 saturated heterocycles. The van der Waals surface area contributed by atoms with Gasteiger partial charge in [0, 0.05) is 20.0 Å². The Hall–Kier alpha value is -3.05. The third-order valence-corrected chi connectivity index (χ3v) is 6.96. The molecule has 0 spiro atoms. The number of carbonyl (C=O) groups excluding carboxylic acids is 3. The normalized spacial score (nSPS) is 15.0. The van der Waals surface area contributed by atoms with E-state index in [4.69, 9.17) is 4.74 Å². The van der Waals surface area contributed by atoms with Gasteiger partial charge in [0.1, 0.15) is 17.1 Å². The number of rotatable bonds is 5. The van der Waals surface area contributed by atoms with Crippen LogP contribution < -0.4 is 15.0 Å². The summed E-state index contributed by atoms with van der Waals surface area (Å²) in [6.07, 6.45) is 1.97. The number of nitrogens with zero attached hydrogens (tertiary/aromatic N) is 1. The van der Waals surface area contributed by atoms with Gasteiger partial charge in [-0.1, -0.05) is 46.3 Å². The molecule has 1 fully saturated rings. The van der Waals surface area contributed by atoms with Gasteiger partial charge in [0.2, 0.25) is 0 Å². The Morgan fingerprint density at radius 2 is 1.79 bits per heavy atom. The molecule has 0 aromatic heterocycles. The summed E-state index contributed by atoms with van der Waals surface area (Å²) in [5.74, 6) is -1.94. The number of anilines is 1. The van der Waals surface area contributed by atoms with Crippen LogP contribution >= 0.6 is 38.5 Å². The Morgan fingerprint density at radius 3 is 2.50 bits per heavy atom. The SMILES string of the molecule is COc1cc(/C=C2/C(=O)NC(=O)N(c3ccccc3F)C2=O)cc(I)c1Cc1ccccc1Br. The molecule has 172 valence electrons. The zero-order valence-electron chi connectivity index (χ0n) is 17.8. The van der Waals surface area contributed by atoms with Crippen LogP contribution in [0.2, 0.25) is 0 Å². The lowest BCUT2D eigenvalue weighted by Crippen LogP contribution is -2.54. The highest BCUT2D eigenvalue weighted by Crippen LogP contribution is 2.32. The van der Waals surface area contributed by atoms with Crippen LogP contribution in [0.5, 0.6) is 5.75 Å². The van der Waals surface area contributed by atoms with Crippen LogP contribution in [0, 0.1) is 9.39 Å². The van der Waals surface area contributed by atoms with Crippen LogP contribution in [-0.2, 0) is 16.0 Å². The maximum atomic E-state index is 14.3. The zero-order chi connectivity index (χ0) is 24.4. The number of imide groups is 2. The molecule has 4 amide bonds. The minimum Gasteiger partial charge on any atom is -0.496 e. The average Bonchev–Trinajstić information content (AvgIpc) is 2.80. The number of para-hydroxylation sites is 1. The molecule has 3 aromatic rings. The molecule has 0 unspecified atom stereocenters. The highest BCUT2D eigenvalue weighted by atomic mass is 127. The maximum absolute atomic E-state index is 14.3. The lowest BCUT2D eigenvalue weighted by atomic mass is 10.0.